The first-order chi connectivity index (χ1) is 34.7. The summed E-state index contributed by atoms with van der Waals surface area (Å²) in [5, 5.41) is 7.66. The topological polar surface area (TPSA) is 40.3 Å². The molecule has 0 spiro atoms. The number of benzene rings is 9. The molecule has 7 heteroatoms. The summed E-state index contributed by atoms with van der Waals surface area (Å²) in [5.74, 6) is 0. The third-order valence-electron chi connectivity index (χ3n) is 14.6. The number of aryl methyl sites for hydroxylation is 2. The molecule has 0 unspecified atom stereocenters. The van der Waals surface area contributed by atoms with Crippen LogP contribution in [0.4, 0.5) is 17.1 Å². The largest absolute Gasteiger partial charge is 0.291 e. The van der Waals surface area contributed by atoms with Crippen LogP contribution in [-0.2, 0) is 19.6 Å². The number of fused-ring (bicyclic) bond motifs is 3. The summed E-state index contributed by atoms with van der Waals surface area (Å²) in [7, 11) is -8.20. The van der Waals surface area contributed by atoms with Crippen molar-refractivity contribution in [1.29, 1.82) is 0 Å². The van der Waals surface area contributed by atoms with E-state index in [0.717, 1.165) is 55.2 Å². The van der Waals surface area contributed by atoms with Crippen molar-refractivity contribution in [3.8, 4) is 0 Å². The van der Waals surface area contributed by atoms with E-state index in [2.05, 4.69) is 268 Å². The molecule has 4 nitrogen and oxygen atoms in total. The van der Waals surface area contributed by atoms with E-state index in [4.69, 9.17) is 14.2 Å². The van der Waals surface area contributed by atoms with Crippen LogP contribution in [0.15, 0.2) is 257 Å². The van der Waals surface area contributed by atoms with Gasteiger partial charge in [-0.25, -0.2) is 0 Å². The van der Waals surface area contributed by atoms with Crippen LogP contribution in [0, 0.1) is 19.3 Å². The van der Waals surface area contributed by atoms with E-state index in [-0.39, 0.29) is 0 Å². The van der Waals surface area contributed by atoms with E-state index in [9.17, 15) is 0 Å². The van der Waals surface area contributed by atoms with Crippen LogP contribution in [0.5, 0.6) is 0 Å². The van der Waals surface area contributed by atoms with E-state index >= 15 is 0 Å². The minimum Gasteiger partial charge on any atom is -0.291 e. The summed E-state index contributed by atoms with van der Waals surface area (Å²) >= 11 is 0. The Morgan fingerprint density at radius 2 is 0.648 bits per heavy atom. The van der Waals surface area contributed by atoms with E-state index in [1.807, 2.05) is 0 Å². The van der Waals surface area contributed by atoms with Gasteiger partial charge in [-0.15, -0.1) is 0 Å². The SMILES string of the molecule is Cc1ccc2cc1CN1Cc3cccc(c3)N=P(c3ccccc3)(c3ccccc3)CC(C)(CP(c3ccccc3)(c3ccccc3)=N2)CP(c2ccccc2)(c2ccccc2)=Nc2ccc(C)c(c2)C1. The first-order valence-corrected chi connectivity index (χ1v) is 30.7. The van der Waals surface area contributed by atoms with Crippen LogP contribution in [0.1, 0.15) is 34.7 Å². The number of hydrogen-bond acceptors (Lipinski definition) is 4. The molecule has 71 heavy (non-hydrogen) atoms. The molecule has 9 aromatic carbocycles. The summed E-state index contributed by atoms with van der Waals surface area (Å²) in [6, 6.07) is 91.1. The van der Waals surface area contributed by atoms with Crippen LogP contribution in [-0.4, -0.2) is 23.4 Å². The van der Waals surface area contributed by atoms with Crippen molar-refractivity contribution in [3.05, 3.63) is 270 Å². The summed E-state index contributed by atoms with van der Waals surface area (Å²) in [4.78, 5) is 2.62. The van der Waals surface area contributed by atoms with Gasteiger partial charge in [0.1, 0.15) is 0 Å². The van der Waals surface area contributed by atoms with E-state index in [1.165, 1.54) is 59.6 Å². The van der Waals surface area contributed by atoms with Crippen molar-refractivity contribution in [2.24, 2.45) is 19.6 Å². The highest BCUT2D eigenvalue weighted by Crippen LogP contribution is 2.65. The summed E-state index contributed by atoms with van der Waals surface area (Å²) in [6.07, 6.45) is 2.36. The minimum absolute atomic E-state index is 0.474. The predicted octanol–water partition coefficient (Wildman–Crippen LogP) is 15.0. The molecular formula is C64H61N4P3. The number of rotatable bonds is 6. The summed E-state index contributed by atoms with van der Waals surface area (Å²) in [5.41, 5.74) is 8.99. The first kappa shape index (κ1) is 47.0. The molecule has 0 N–H and O–H groups in total. The van der Waals surface area contributed by atoms with Crippen molar-refractivity contribution in [2.75, 3.05) is 18.5 Å². The maximum absolute atomic E-state index is 6.36. The summed E-state index contributed by atoms with van der Waals surface area (Å²) in [6.45, 7) is 9.40. The van der Waals surface area contributed by atoms with Gasteiger partial charge in [-0.1, -0.05) is 213 Å². The van der Waals surface area contributed by atoms with Crippen molar-refractivity contribution in [1.82, 2.24) is 4.90 Å². The average molecular weight is 979 g/mol. The molecule has 3 heterocycles. The van der Waals surface area contributed by atoms with Crippen molar-refractivity contribution in [2.45, 2.75) is 40.4 Å². The molecule has 352 valence electrons. The Bertz CT molecular complexity index is 3200. The average Bonchev–Trinajstić information content (AvgIpc) is 3.41. The third-order valence-corrected chi connectivity index (χ3v) is 26.9. The van der Waals surface area contributed by atoms with Crippen LogP contribution in [0.25, 0.3) is 0 Å². The van der Waals surface area contributed by atoms with Gasteiger partial charge in [0.2, 0.25) is 0 Å². The zero-order valence-corrected chi connectivity index (χ0v) is 43.7. The second-order valence-corrected chi connectivity index (χ2v) is 29.2. The molecule has 0 saturated carbocycles. The first-order valence-electron chi connectivity index (χ1n) is 24.9. The Kier molecular flexibility index (Phi) is 13.3. The lowest BCUT2D eigenvalue weighted by Gasteiger charge is -2.44. The van der Waals surface area contributed by atoms with Crippen LogP contribution >= 0.6 is 21.2 Å². The van der Waals surface area contributed by atoms with Gasteiger partial charge in [0.25, 0.3) is 0 Å². The van der Waals surface area contributed by atoms with Crippen molar-refractivity contribution in [3.63, 3.8) is 0 Å². The van der Waals surface area contributed by atoms with Crippen molar-refractivity contribution < 1.29 is 0 Å². The molecule has 0 aliphatic carbocycles. The Balaban J connectivity index is 1.36. The molecule has 3 aliphatic rings. The van der Waals surface area contributed by atoms with Gasteiger partial charge in [0.15, 0.2) is 0 Å². The predicted molar refractivity (Wildman–Crippen MR) is 308 cm³/mol. The molecule has 12 rings (SSSR count). The maximum Gasteiger partial charge on any atom is 0.0624 e. The second kappa shape index (κ2) is 20.0. The highest BCUT2D eigenvalue weighted by atomic mass is 31.2. The van der Waals surface area contributed by atoms with Gasteiger partial charge in [-0.05, 0) is 134 Å². The Hall–Kier alpha value is -6.37. The molecule has 9 aromatic rings. The molecular weight excluding hydrogens is 918 g/mol. The second-order valence-electron chi connectivity index (χ2n) is 19.9. The Labute approximate surface area is 421 Å². The molecule has 0 aromatic heterocycles. The van der Waals surface area contributed by atoms with Crippen LogP contribution in [0.3, 0.4) is 0 Å². The van der Waals surface area contributed by atoms with Crippen LogP contribution < -0.4 is 31.8 Å². The normalized spacial score (nSPS) is 19.2. The Morgan fingerprint density at radius 3 is 0.972 bits per heavy atom. The zero-order valence-electron chi connectivity index (χ0n) is 41.0. The lowest BCUT2D eigenvalue weighted by molar-refractivity contribution is 0.247. The quantitative estimate of drug-likeness (QED) is 0.153. The van der Waals surface area contributed by atoms with Gasteiger partial charge in [0.05, 0.1) is 17.1 Å². The smallest absolute Gasteiger partial charge is 0.0624 e. The standard InChI is InChI=1S/C64H61N4P3/c1-50-37-39-56-42-53(50)45-68-44-52-23-22-24-55(41-52)65-69(58-25-10-4-11-26-58,59-27-12-5-13-28-59)47-64(3,48-70(66-56,60-29-14-6-15-30-60)61-31-16-7-17-32-61)49-71(62-33-18-8-19-34-62,63-35-20-9-21-36-63)67-57-40-38-51(2)54(43-57)46-68/h4-43H,44-49H2,1-3H3. The van der Waals surface area contributed by atoms with E-state index in [0.29, 0.717) is 0 Å². The molecule has 8 bridgehead atoms. The summed E-state index contributed by atoms with van der Waals surface area (Å²) < 4.78 is 19.1. The monoisotopic (exact) mass is 978 g/mol. The van der Waals surface area contributed by atoms with E-state index < -0.39 is 26.6 Å². The number of hydrogen-bond donors (Lipinski definition) is 0. The molecule has 0 radical (unpaired) electrons. The van der Waals surface area contributed by atoms with Gasteiger partial charge in [-0.3, -0.25) is 19.1 Å². The fourth-order valence-electron chi connectivity index (χ4n) is 11.3. The number of nitrogens with zero attached hydrogens (tertiary/aromatic N) is 4. The lowest BCUT2D eigenvalue weighted by atomic mass is 9.99. The minimum atomic E-state index is -2.74. The van der Waals surface area contributed by atoms with Gasteiger partial charge >= 0.3 is 0 Å². The highest BCUT2D eigenvalue weighted by molar-refractivity contribution is 7.83. The fourth-order valence-corrected chi connectivity index (χ4v) is 24.3. The molecule has 0 fully saturated rings. The zero-order chi connectivity index (χ0) is 48.3. The molecule has 0 saturated heterocycles. The third kappa shape index (κ3) is 9.60. The fraction of sp³-hybridized carbons (Fsp3) is 0.156. The van der Waals surface area contributed by atoms with Crippen LogP contribution in [0.2, 0.25) is 0 Å². The maximum atomic E-state index is 6.36. The highest BCUT2D eigenvalue weighted by Gasteiger charge is 2.45. The molecule has 0 atom stereocenters. The Morgan fingerprint density at radius 1 is 0.338 bits per heavy atom. The molecule has 3 aliphatic heterocycles. The van der Waals surface area contributed by atoms with E-state index in [1.54, 1.807) is 0 Å². The van der Waals surface area contributed by atoms with Gasteiger partial charge in [0, 0.05) is 40.8 Å². The van der Waals surface area contributed by atoms with Crippen molar-refractivity contribution >= 4 is 70.1 Å². The lowest BCUT2D eigenvalue weighted by Crippen LogP contribution is -2.40. The van der Waals surface area contributed by atoms with Gasteiger partial charge in [-0.2, -0.15) is 0 Å². The molecule has 0 amide bonds. The van der Waals surface area contributed by atoms with Gasteiger partial charge < -0.3 is 0 Å².